The fraction of sp³-hybridized carbons (Fsp3) is 0.458. The highest BCUT2D eigenvalue weighted by Gasteiger charge is 2.52. The van der Waals surface area contributed by atoms with E-state index in [2.05, 4.69) is 6.07 Å². The maximum absolute atomic E-state index is 10.8. The van der Waals surface area contributed by atoms with E-state index >= 15 is 0 Å². The van der Waals surface area contributed by atoms with Crippen molar-refractivity contribution in [1.82, 2.24) is 0 Å². The van der Waals surface area contributed by atoms with Gasteiger partial charge in [0.2, 0.25) is 0 Å². The van der Waals surface area contributed by atoms with Gasteiger partial charge in [-0.25, -0.2) is 0 Å². The molecule has 0 aliphatic heterocycles. The van der Waals surface area contributed by atoms with E-state index in [4.69, 9.17) is 16.7 Å². The van der Waals surface area contributed by atoms with Crippen LogP contribution < -0.4 is 0 Å². The number of halogens is 1. The van der Waals surface area contributed by atoms with Gasteiger partial charge in [0.1, 0.15) is 5.75 Å². The lowest BCUT2D eigenvalue weighted by atomic mass is 9.48. The summed E-state index contributed by atoms with van der Waals surface area (Å²) < 4.78 is 0. The molecule has 2 N–H and O–H groups in total. The maximum Gasteiger partial charge on any atom is 0.313 e. The van der Waals surface area contributed by atoms with Gasteiger partial charge >= 0.3 is 5.97 Å². The first-order valence-corrected chi connectivity index (χ1v) is 11.8. The largest absolute Gasteiger partial charge is 0.508 e. The van der Waals surface area contributed by atoms with Crippen molar-refractivity contribution in [3.05, 3.63) is 47.0 Å². The van der Waals surface area contributed by atoms with E-state index < -0.39 is 5.97 Å². The normalized spacial score (nSPS) is 29.9. The Hall–Kier alpha value is -1.65. The minimum absolute atomic E-state index is 0.0189. The summed E-state index contributed by atoms with van der Waals surface area (Å²) in [5.74, 6) is 2.05. The Balaban J connectivity index is 1.48. The number of carbonyl (C=O) groups is 1. The highest BCUT2D eigenvalue weighted by Crippen LogP contribution is 2.62. The molecule has 0 spiro atoms. The number of benzene rings is 2. The molecule has 29 heavy (non-hydrogen) atoms. The van der Waals surface area contributed by atoms with Crippen LogP contribution in [0.2, 0.25) is 5.02 Å². The van der Waals surface area contributed by atoms with E-state index in [1.807, 2.05) is 30.3 Å². The Morgan fingerprint density at radius 2 is 1.69 bits per heavy atom. The lowest BCUT2D eigenvalue weighted by molar-refractivity contribution is -0.133. The molecule has 4 bridgehead atoms. The highest BCUT2D eigenvalue weighted by atomic mass is 35.5. The number of thioether (sulfide) groups is 1. The number of phenolic OH excluding ortho intramolecular Hbond substituents is 1. The number of phenols is 1. The minimum Gasteiger partial charge on any atom is -0.508 e. The molecule has 0 heterocycles. The Labute approximate surface area is 180 Å². The summed E-state index contributed by atoms with van der Waals surface area (Å²) >= 11 is 7.83. The molecule has 152 valence electrons. The van der Waals surface area contributed by atoms with Crippen LogP contribution in [0.1, 0.15) is 44.1 Å². The number of rotatable bonds is 5. The molecule has 0 amide bonds. The zero-order chi connectivity index (χ0) is 20.2. The Morgan fingerprint density at radius 1 is 1.03 bits per heavy atom. The van der Waals surface area contributed by atoms with Crippen molar-refractivity contribution in [3.63, 3.8) is 0 Å². The smallest absolute Gasteiger partial charge is 0.313 e. The molecule has 0 atom stereocenters. The summed E-state index contributed by atoms with van der Waals surface area (Å²) in [4.78, 5) is 11.6. The van der Waals surface area contributed by atoms with Crippen LogP contribution in [0.5, 0.6) is 5.75 Å². The van der Waals surface area contributed by atoms with Crippen LogP contribution in [-0.4, -0.2) is 21.9 Å². The topological polar surface area (TPSA) is 57.5 Å². The average molecular weight is 429 g/mol. The van der Waals surface area contributed by atoms with E-state index in [0.717, 1.165) is 39.3 Å². The van der Waals surface area contributed by atoms with Crippen molar-refractivity contribution in [3.8, 4) is 16.9 Å². The van der Waals surface area contributed by atoms with E-state index in [1.54, 1.807) is 0 Å². The molecular weight excluding hydrogens is 404 g/mol. The van der Waals surface area contributed by atoms with E-state index in [-0.39, 0.29) is 11.2 Å². The number of aromatic hydroxyl groups is 1. The number of carboxylic acid groups (broad SMARTS) is 1. The monoisotopic (exact) mass is 428 g/mol. The number of hydrogen-bond acceptors (Lipinski definition) is 3. The van der Waals surface area contributed by atoms with E-state index in [0.29, 0.717) is 10.8 Å². The lowest BCUT2D eigenvalue weighted by Gasteiger charge is -2.57. The Bertz CT molecular complexity index is 935. The van der Waals surface area contributed by atoms with Crippen LogP contribution in [0.25, 0.3) is 11.1 Å². The standard InChI is InChI=1S/C24H25ClO3S/c25-21-9-18(29-13-23(27)28)2-3-19(21)17-1-4-22(26)20(8-17)24-10-14-5-15(11-24)7-16(6-14)12-24/h1-4,8-9,14-16,26H,5-7,10-13H2,(H,27,28). The molecule has 4 aliphatic rings. The molecular formula is C24H25ClO3S. The van der Waals surface area contributed by atoms with Crippen molar-refractivity contribution in [2.45, 2.75) is 48.8 Å². The van der Waals surface area contributed by atoms with Crippen LogP contribution in [0.3, 0.4) is 0 Å². The van der Waals surface area contributed by atoms with Crippen LogP contribution in [0, 0.1) is 17.8 Å². The van der Waals surface area contributed by atoms with Crippen molar-refractivity contribution >= 4 is 29.3 Å². The molecule has 0 radical (unpaired) electrons. The van der Waals surface area contributed by atoms with Gasteiger partial charge in [0.25, 0.3) is 0 Å². The molecule has 4 aliphatic carbocycles. The van der Waals surface area contributed by atoms with Crippen LogP contribution in [0.4, 0.5) is 0 Å². The fourth-order valence-corrected chi connectivity index (χ4v) is 7.54. The van der Waals surface area contributed by atoms with Crippen molar-refractivity contribution in [1.29, 1.82) is 0 Å². The first kappa shape index (κ1) is 19.3. The number of aliphatic carboxylic acids is 1. The van der Waals surface area contributed by atoms with Crippen molar-refractivity contribution < 1.29 is 15.0 Å². The van der Waals surface area contributed by atoms with Crippen LogP contribution in [-0.2, 0) is 10.2 Å². The molecule has 0 unspecified atom stereocenters. The van der Waals surface area contributed by atoms with Gasteiger partial charge in [-0.1, -0.05) is 23.7 Å². The second-order valence-corrected chi connectivity index (χ2v) is 10.7. The molecule has 4 saturated carbocycles. The van der Waals surface area contributed by atoms with Gasteiger partial charge in [-0.05, 0) is 91.5 Å². The van der Waals surface area contributed by atoms with E-state index in [1.165, 1.54) is 50.3 Å². The maximum atomic E-state index is 10.8. The molecule has 4 fully saturated rings. The second kappa shape index (κ2) is 7.24. The van der Waals surface area contributed by atoms with Gasteiger partial charge < -0.3 is 10.2 Å². The fourth-order valence-electron chi connectivity index (χ4n) is 6.53. The third-order valence-electron chi connectivity index (χ3n) is 7.22. The number of hydrogen-bond donors (Lipinski definition) is 2. The average Bonchev–Trinajstić information content (AvgIpc) is 2.66. The quantitative estimate of drug-likeness (QED) is 0.544. The Kier molecular flexibility index (Phi) is 4.83. The lowest BCUT2D eigenvalue weighted by Crippen LogP contribution is -2.48. The predicted octanol–water partition coefficient (Wildman–Crippen LogP) is 6.36. The first-order chi connectivity index (χ1) is 13.9. The minimum atomic E-state index is -0.839. The number of carboxylic acids is 1. The van der Waals surface area contributed by atoms with Gasteiger partial charge in [0, 0.05) is 21.0 Å². The summed E-state index contributed by atoms with van der Waals surface area (Å²) in [5, 5.41) is 20.3. The van der Waals surface area contributed by atoms with Gasteiger partial charge in [-0.15, -0.1) is 11.8 Å². The van der Waals surface area contributed by atoms with Gasteiger partial charge in [-0.3, -0.25) is 4.79 Å². The van der Waals surface area contributed by atoms with Gasteiger partial charge in [-0.2, -0.15) is 0 Å². The molecule has 5 heteroatoms. The summed E-state index contributed by atoms with van der Waals surface area (Å²) in [6, 6.07) is 11.6. The van der Waals surface area contributed by atoms with Gasteiger partial charge in [0.05, 0.1) is 5.75 Å². The SMILES string of the molecule is O=C(O)CSc1ccc(-c2ccc(O)c(C34CC5CC(CC(C5)C3)C4)c2)c(Cl)c1. The molecule has 0 saturated heterocycles. The van der Waals surface area contributed by atoms with E-state index in [9.17, 15) is 9.90 Å². The third-order valence-corrected chi connectivity index (χ3v) is 8.51. The summed E-state index contributed by atoms with van der Waals surface area (Å²) in [7, 11) is 0. The molecule has 0 aromatic heterocycles. The second-order valence-electron chi connectivity index (χ2n) is 9.25. The zero-order valence-corrected chi connectivity index (χ0v) is 17.8. The molecule has 3 nitrogen and oxygen atoms in total. The zero-order valence-electron chi connectivity index (χ0n) is 16.2. The van der Waals surface area contributed by atoms with Crippen molar-refractivity contribution in [2.75, 3.05) is 5.75 Å². The predicted molar refractivity (Wildman–Crippen MR) is 117 cm³/mol. The Morgan fingerprint density at radius 3 is 2.28 bits per heavy atom. The van der Waals surface area contributed by atoms with Crippen LogP contribution in [0.15, 0.2) is 41.3 Å². The van der Waals surface area contributed by atoms with Crippen LogP contribution >= 0.6 is 23.4 Å². The van der Waals surface area contributed by atoms with Crippen molar-refractivity contribution in [2.24, 2.45) is 17.8 Å². The van der Waals surface area contributed by atoms with Gasteiger partial charge in [0.15, 0.2) is 0 Å². The summed E-state index contributed by atoms with van der Waals surface area (Å²) in [6.45, 7) is 0. The molecule has 2 aromatic carbocycles. The summed E-state index contributed by atoms with van der Waals surface area (Å²) in [5.41, 5.74) is 3.18. The summed E-state index contributed by atoms with van der Waals surface area (Å²) in [6.07, 6.45) is 7.74. The molecule has 2 aromatic rings. The third kappa shape index (κ3) is 3.55. The highest BCUT2D eigenvalue weighted by molar-refractivity contribution is 8.00. The molecule has 6 rings (SSSR count). The first-order valence-electron chi connectivity index (χ1n) is 10.4.